The first-order chi connectivity index (χ1) is 10.0. The molecule has 1 nitrogen and oxygen atoms in total. The van der Waals surface area contributed by atoms with Crippen LogP contribution in [-0.4, -0.2) is 0 Å². The number of alkyl halides is 3. The Kier molecular flexibility index (Phi) is 2.34. The lowest BCUT2D eigenvalue weighted by Gasteiger charge is -2.08. The fourth-order valence-electron chi connectivity index (χ4n) is 2.50. The van der Waals surface area contributed by atoms with E-state index in [1.807, 2.05) is 30.3 Å². The second kappa shape index (κ2) is 4.01. The minimum absolute atomic E-state index is 0.640. The average molecular weight is 286 g/mol. The van der Waals surface area contributed by atoms with Crippen molar-refractivity contribution in [2.24, 2.45) is 0 Å². The van der Waals surface area contributed by atoms with Crippen molar-refractivity contribution in [2.75, 3.05) is 0 Å². The molecule has 1 aliphatic heterocycles. The van der Waals surface area contributed by atoms with E-state index in [9.17, 15) is 13.2 Å². The van der Waals surface area contributed by atoms with Gasteiger partial charge in [0, 0.05) is 16.7 Å². The molecule has 0 fully saturated rings. The van der Waals surface area contributed by atoms with Crippen LogP contribution in [0.3, 0.4) is 0 Å². The SMILES string of the molecule is FC(F)(F)c1ccc(C2=C3Oc4ccccc4C=C32)cc1. The summed E-state index contributed by atoms with van der Waals surface area (Å²) in [6, 6.07) is 12.8. The van der Waals surface area contributed by atoms with Gasteiger partial charge >= 0.3 is 6.18 Å². The second-order valence-corrected chi connectivity index (χ2v) is 4.98. The lowest BCUT2D eigenvalue weighted by Crippen LogP contribution is -2.04. The highest BCUT2D eigenvalue weighted by atomic mass is 19.4. The van der Waals surface area contributed by atoms with E-state index in [0.717, 1.165) is 45.9 Å². The molecule has 0 saturated carbocycles. The first-order valence-electron chi connectivity index (χ1n) is 6.45. The Hall–Kier alpha value is -2.49. The van der Waals surface area contributed by atoms with Crippen LogP contribution >= 0.6 is 0 Å². The summed E-state index contributed by atoms with van der Waals surface area (Å²) >= 11 is 0. The largest absolute Gasteiger partial charge is 0.455 e. The Morgan fingerprint density at radius 3 is 2.29 bits per heavy atom. The summed E-state index contributed by atoms with van der Waals surface area (Å²) in [5.41, 5.74) is 2.95. The number of halogens is 3. The van der Waals surface area contributed by atoms with E-state index in [0.29, 0.717) is 0 Å². The van der Waals surface area contributed by atoms with Gasteiger partial charge < -0.3 is 4.74 Å². The van der Waals surface area contributed by atoms with Crippen molar-refractivity contribution >= 4 is 11.6 Å². The summed E-state index contributed by atoms with van der Waals surface area (Å²) in [5.74, 6) is 1.53. The number of hydrogen-bond acceptors (Lipinski definition) is 1. The topological polar surface area (TPSA) is 9.23 Å². The third-order valence-electron chi connectivity index (χ3n) is 3.61. The van der Waals surface area contributed by atoms with Crippen molar-refractivity contribution in [3.63, 3.8) is 0 Å². The van der Waals surface area contributed by atoms with Crippen LogP contribution in [0.25, 0.3) is 11.6 Å². The van der Waals surface area contributed by atoms with Gasteiger partial charge in [0.15, 0.2) is 0 Å². The van der Waals surface area contributed by atoms with Crippen LogP contribution < -0.4 is 4.74 Å². The normalized spacial score (nSPS) is 15.9. The maximum absolute atomic E-state index is 12.6. The molecule has 1 aliphatic carbocycles. The molecule has 2 aromatic rings. The molecule has 0 atom stereocenters. The minimum Gasteiger partial charge on any atom is -0.455 e. The van der Waals surface area contributed by atoms with E-state index in [1.165, 1.54) is 12.1 Å². The molecule has 0 aromatic heterocycles. The molecule has 2 aliphatic rings. The molecule has 0 spiro atoms. The minimum atomic E-state index is -4.31. The van der Waals surface area contributed by atoms with Crippen molar-refractivity contribution < 1.29 is 17.9 Å². The Bertz CT molecular complexity index is 796. The van der Waals surface area contributed by atoms with Crippen LogP contribution in [0, 0.1) is 0 Å². The molecule has 4 rings (SSSR count). The number of benzene rings is 2. The average Bonchev–Trinajstić information content (AvgIpc) is 3.16. The van der Waals surface area contributed by atoms with Crippen molar-refractivity contribution in [1.82, 2.24) is 0 Å². The van der Waals surface area contributed by atoms with Crippen LogP contribution in [0.4, 0.5) is 13.2 Å². The summed E-state index contributed by atoms with van der Waals surface area (Å²) in [6.45, 7) is 0. The second-order valence-electron chi connectivity index (χ2n) is 4.98. The van der Waals surface area contributed by atoms with E-state index in [4.69, 9.17) is 4.74 Å². The number of allylic oxidation sites excluding steroid dienone is 2. The van der Waals surface area contributed by atoms with Crippen molar-refractivity contribution in [3.05, 3.63) is 76.6 Å². The summed E-state index contributed by atoms with van der Waals surface area (Å²) in [5, 5.41) is 0. The number of hydrogen-bond donors (Lipinski definition) is 0. The Balaban J connectivity index is 1.68. The molecule has 21 heavy (non-hydrogen) atoms. The summed E-state index contributed by atoms with van der Waals surface area (Å²) in [7, 11) is 0. The Morgan fingerprint density at radius 2 is 1.57 bits per heavy atom. The Morgan fingerprint density at radius 1 is 0.857 bits per heavy atom. The highest BCUT2D eigenvalue weighted by molar-refractivity contribution is 6.06. The molecule has 0 N–H and O–H groups in total. The van der Waals surface area contributed by atoms with Crippen LogP contribution in [0.15, 0.2) is 59.9 Å². The maximum atomic E-state index is 12.6. The van der Waals surface area contributed by atoms with Crippen LogP contribution in [0.1, 0.15) is 16.7 Å². The monoisotopic (exact) mass is 286 g/mol. The van der Waals surface area contributed by atoms with Gasteiger partial charge in [-0.25, -0.2) is 0 Å². The molecule has 0 unspecified atom stereocenters. The molecule has 1 heterocycles. The van der Waals surface area contributed by atoms with E-state index >= 15 is 0 Å². The van der Waals surface area contributed by atoms with Gasteiger partial charge in [0.25, 0.3) is 0 Å². The fraction of sp³-hybridized carbons (Fsp3) is 0.0588. The standard InChI is InChI=1S/C17H9F3O/c18-17(19,20)12-7-5-10(6-8-12)15-13-9-11-3-1-2-4-14(11)21-16(13)15/h1-9H. The predicted molar refractivity (Wildman–Crippen MR) is 73.4 cm³/mol. The van der Waals surface area contributed by atoms with Gasteiger partial charge in [-0.3, -0.25) is 0 Å². The molecule has 2 aromatic carbocycles. The predicted octanol–water partition coefficient (Wildman–Crippen LogP) is 4.91. The highest BCUT2D eigenvalue weighted by Gasteiger charge is 2.37. The number of rotatable bonds is 1. The first kappa shape index (κ1) is 12.3. The van der Waals surface area contributed by atoms with Crippen molar-refractivity contribution in [1.29, 1.82) is 0 Å². The van der Waals surface area contributed by atoms with Crippen LogP contribution in [-0.2, 0) is 6.18 Å². The smallest absolute Gasteiger partial charge is 0.416 e. The molecule has 4 heteroatoms. The van der Waals surface area contributed by atoms with Gasteiger partial charge in [0.1, 0.15) is 11.5 Å². The van der Waals surface area contributed by atoms with Crippen LogP contribution in [0.2, 0.25) is 0 Å². The zero-order valence-electron chi connectivity index (χ0n) is 10.7. The number of ether oxygens (including phenoxy) is 1. The van der Waals surface area contributed by atoms with E-state index < -0.39 is 11.7 Å². The summed E-state index contributed by atoms with van der Waals surface area (Å²) in [6.07, 6.45) is -2.31. The quantitative estimate of drug-likeness (QED) is 0.724. The van der Waals surface area contributed by atoms with Gasteiger partial charge in [0.05, 0.1) is 5.56 Å². The molecular weight excluding hydrogens is 277 g/mol. The summed E-state index contributed by atoms with van der Waals surface area (Å²) < 4.78 is 43.4. The summed E-state index contributed by atoms with van der Waals surface area (Å²) in [4.78, 5) is 0. The van der Waals surface area contributed by atoms with Gasteiger partial charge in [-0.2, -0.15) is 13.2 Å². The molecular formula is C17H9F3O. The van der Waals surface area contributed by atoms with Crippen LogP contribution in [0.5, 0.6) is 5.75 Å². The number of fused-ring (bicyclic) bond motifs is 2. The van der Waals surface area contributed by atoms with Gasteiger partial charge in [-0.1, -0.05) is 30.3 Å². The maximum Gasteiger partial charge on any atom is 0.416 e. The molecule has 0 saturated heterocycles. The third-order valence-corrected chi connectivity index (χ3v) is 3.61. The third kappa shape index (κ3) is 1.95. The molecule has 104 valence electrons. The lowest BCUT2D eigenvalue weighted by atomic mass is 10.1. The van der Waals surface area contributed by atoms with Gasteiger partial charge in [-0.15, -0.1) is 0 Å². The van der Waals surface area contributed by atoms with E-state index in [1.54, 1.807) is 0 Å². The fourth-order valence-corrected chi connectivity index (χ4v) is 2.50. The lowest BCUT2D eigenvalue weighted by molar-refractivity contribution is -0.137. The van der Waals surface area contributed by atoms with Crippen molar-refractivity contribution in [3.8, 4) is 5.75 Å². The zero-order valence-corrected chi connectivity index (χ0v) is 10.7. The zero-order chi connectivity index (χ0) is 14.6. The van der Waals surface area contributed by atoms with Crippen molar-refractivity contribution in [2.45, 2.75) is 6.18 Å². The molecule has 0 bridgehead atoms. The first-order valence-corrected chi connectivity index (χ1v) is 6.45. The number of para-hydroxylation sites is 1. The van der Waals surface area contributed by atoms with E-state index in [2.05, 4.69) is 0 Å². The van der Waals surface area contributed by atoms with Gasteiger partial charge in [0.2, 0.25) is 0 Å². The Labute approximate surface area is 119 Å². The van der Waals surface area contributed by atoms with Gasteiger partial charge in [-0.05, 0) is 29.8 Å². The molecule has 0 amide bonds. The van der Waals surface area contributed by atoms with E-state index in [-0.39, 0.29) is 0 Å². The molecule has 0 radical (unpaired) electrons. The highest BCUT2D eigenvalue weighted by Crippen LogP contribution is 2.52.